The third-order valence-corrected chi connectivity index (χ3v) is 3.52. The zero-order valence-corrected chi connectivity index (χ0v) is 10.4. The van der Waals surface area contributed by atoms with Crippen LogP contribution < -0.4 is 11.5 Å². The van der Waals surface area contributed by atoms with Crippen LogP contribution in [0.1, 0.15) is 28.3 Å². The van der Waals surface area contributed by atoms with Gasteiger partial charge in [-0.25, -0.2) is 0 Å². The molecule has 1 aromatic heterocycles. The zero-order chi connectivity index (χ0) is 13.4. The molecule has 96 valence electrons. The molecule has 0 aliphatic heterocycles. The normalized spacial score (nSPS) is 21.1. The first-order valence-electron chi connectivity index (χ1n) is 6.27. The molecule has 0 saturated heterocycles. The molecule has 1 aromatic carbocycles. The Kier molecular flexibility index (Phi) is 2.80. The van der Waals surface area contributed by atoms with Gasteiger partial charge in [0.1, 0.15) is 0 Å². The van der Waals surface area contributed by atoms with E-state index in [0.29, 0.717) is 17.5 Å². The largest absolute Gasteiger partial charge is 0.366 e. The standard InChI is InChI=1S/C15H15N3O/c16-13-7-12(13)11-5-6-14(18-8-11)9-1-3-10(4-2-9)15(17)19/h1-6,8,12-13H,7,16H2,(H2,17,19)/t12-,13+/m1/s1. The summed E-state index contributed by atoms with van der Waals surface area (Å²) in [6, 6.07) is 11.5. The minimum atomic E-state index is -0.419. The summed E-state index contributed by atoms with van der Waals surface area (Å²) in [7, 11) is 0. The molecule has 2 atom stereocenters. The van der Waals surface area contributed by atoms with Gasteiger partial charge in [0.05, 0.1) is 5.69 Å². The third kappa shape index (κ3) is 2.35. The van der Waals surface area contributed by atoms with Gasteiger partial charge < -0.3 is 11.5 Å². The molecule has 4 N–H and O–H groups in total. The summed E-state index contributed by atoms with van der Waals surface area (Å²) in [5.41, 5.74) is 14.6. The van der Waals surface area contributed by atoms with Crippen LogP contribution in [-0.2, 0) is 0 Å². The number of nitrogens with zero attached hydrogens (tertiary/aromatic N) is 1. The number of benzene rings is 1. The van der Waals surface area contributed by atoms with Gasteiger partial charge in [-0.15, -0.1) is 0 Å². The van der Waals surface area contributed by atoms with Gasteiger partial charge in [-0.3, -0.25) is 9.78 Å². The highest BCUT2D eigenvalue weighted by molar-refractivity contribution is 5.93. The van der Waals surface area contributed by atoms with Crippen molar-refractivity contribution in [2.45, 2.75) is 18.4 Å². The topological polar surface area (TPSA) is 82.0 Å². The van der Waals surface area contributed by atoms with E-state index in [9.17, 15) is 4.79 Å². The number of pyridine rings is 1. The minimum Gasteiger partial charge on any atom is -0.366 e. The van der Waals surface area contributed by atoms with Crippen LogP contribution in [0.4, 0.5) is 0 Å². The number of hydrogen-bond acceptors (Lipinski definition) is 3. The van der Waals surface area contributed by atoms with E-state index >= 15 is 0 Å². The van der Waals surface area contributed by atoms with E-state index in [1.165, 1.54) is 5.56 Å². The van der Waals surface area contributed by atoms with Crippen LogP contribution >= 0.6 is 0 Å². The predicted octanol–water partition coefficient (Wildman–Crippen LogP) is 1.66. The Hall–Kier alpha value is -2.20. The average molecular weight is 253 g/mol. The van der Waals surface area contributed by atoms with E-state index in [0.717, 1.165) is 17.7 Å². The number of amides is 1. The molecule has 0 radical (unpaired) electrons. The van der Waals surface area contributed by atoms with Crippen molar-refractivity contribution in [3.8, 4) is 11.3 Å². The SMILES string of the molecule is NC(=O)c1ccc(-c2ccc([C@H]3C[C@@H]3N)cn2)cc1. The van der Waals surface area contributed by atoms with Crippen LogP contribution in [-0.4, -0.2) is 16.9 Å². The maximum atomic E-state index is 11.0. The second-order valence-corrected chi connectivity index (χ2v) is 4.92. The highest BCUT2D eigenvalue weighted by atomic mass is 16.1. The van der Waals surface area contributed by atoms with E-state index in [-0.39, 0.29) is 0 Å². The van der Waals surface area contributed by atoms with Gasteiger partial charge in [0.2, 0.25) is 5.91 Å². The first-order valence-corrected chi connectivity index (χ1v) is 6.27. The number of carbonyl (C=O) groups excluding carboxylic acids is 1. The van der Waals surface area contributed by atoms with E-state index in [4.69, 9.17) is 11.5 Å². The highest BCUT2D eigenvalue weighted by Crippen LogP contribution is 2.38. The summed E-state index contributed by atoms with van der Waals surface area (Å²) < 4.78 is 0. The number of hydrogen-bond donors (Lipinski definition) is 2. The van der Waals surface area contributed by atoms with Crippen molar-refractivity contribution in [3.05, 3.63) is 53.7 Å². The Morgan fingerprint density at radius 1 is 1.16 bits per heavy atom. The molecule has 1 aliphatic rings. The lowest BCUT2D eigenvalue weighted by molar-refractivity contribution is 0.100. The van der Waals surface area contributed by atoms with Crippen LogP contribution in [0.15, 0.2) is 42.6 Å². The van der Waals surface area contributed by atoms with E-state index < -0.39 is 5.91 Å². The monoisotopic (exact) mass is 253 g/mol. The first-order chi connectivity index (χ1) is 9.15. The van der Waals surface area contributed by atoms with Crippen molar-refractivity contribution in [2.24, 2.45) is 11.5 Å². The molecule has 1 amide bonds. The molecule has 19 heavy (non-hydrogen) atoms. The number of aromatic nitrogens is 1. The summed E-state index contributed by atoms with van der Waals surface area (Å²) in [6.07, 6.45) is 2.93. The molecule has 0 unspecified atom stereocenters. The molecule has 1 aliphatic carbocycles. The van der Waals surface area contributed by atoms with Gasteiger partial charge in [0, 0.05) is 29.3 Å². The molecule has 0 spiro atoms. The Labute approximate surface area is 111 Å². The number of nitrogens with two attached hydrogens (primary N) is 2. The van der Waals surface area contributed by atoms with Gasteiger partial charge in [0.15, 0.2) is 0 Å². The van der Waals surface area contributed by atoms with E-state index in [1.807, 2.05) is 24.4 Å². The lowest BCUT2D eigenvalue weighted by atomic mass is 10.1. The predicted molar refractivity (Wildman–Crippen MR) is 73.5 cm³/mol. The summed E-state index contributed by atoms with van der Waals surface area (Å²) >= 11 is 0. The van der Waals surface area contributed by atoms with E-state index in [1.54, 1.807) is 12.1 Å². The fourth-order valence-electron chi connectivity index (χ4n) is 2.20. The van der Waals surface area contributed by atoms with Crippen LogP contribution in [0.25, 0.3) is 11.3 Å². The fraction of sp³-hybridized carbons (Fsp3) is 0.200. The number of carbonyl (C=O) groups is 1. The van der Waals surface area contributed by atoms with Gasteiger partial charge in [-0.2, -0.15) is 0 Å². The summed E-state index contributed by atoms with van der Waals surface area (Å²) in [6.45, 7) is 0. The smallest absolute Gasteiger partial charge is 0.248 e. The molecule has 1 saturated carbocycles. The average Bonchev–Trinajstić information content (AvgIpc) is 3.16. The maximum Gasteiger partial charge on any atom is 0.248 e. The third-order valence-electron chi connectivity index (χ3n) is 3.52. The van der Waals surface area contributed by atoms with Crippen LogP contribution in [0, 0.1) is 0 Å². The second-order valence-electron chi connectivity index (χ2n) is 4.92. The second kappa shape index (κ2) is 4.48. The van der Waals surface area contributed by atoms with Crippen molar-refractivity contribution in [3.63, 3.8) is 0 Å². The van der Waals surface area contributed by atoms with Crippen LogP contribution in [0.2, 0.25) is 0 Å². The Balaban J connectivity index is 1.83. The highest BCUT2D eigenvalue weighted by Gasteiger charge is 2.34. The molecule has 3 rings (SSSR count). The number of rotatable bonds is 3. The molecule has 1 fully saturated rings. The summed E-state index contributed by atoms with van der Waals surface area (Å²) in [4.78, 5) is 15.4. The van der Waals surface area contributed by atoms with Gasteiger partial charge >= 0.3 is 0 Å². The minimum absolute atomic E-state index is 0.294. The van der Waals surface area contributed by atoms with Gasteiger partial charge in [0.25, 0.3) is 0 Å². The Morgan fingerprint density at radius 2 is 1.84 bits per heavy atom. The van der Waals surface area contributed by atoms with Crippen LogP contribution in [0.5, 0.6) is 0 Å². The summed E-state index contributed by atoms with van der Waals surface area (Å²) in [5.74, 6) is 0.0522. The summed E-state index contributed by atoms with van der Waals surface area (Å²) in [5, 5.41) is 0. The van der Waals surface area contributed by atoms with Crippen molar-refractivity contribution in [2.75, 3.05) is 0 Å². The molecular weight excluding hydrogens is 238 g/mol. The quantitative estimate of drug-likeness (QED) is 0.872. The first kappa shape index (κ1) is 11.9. The van der Waals surface area contributed by atoms with Gasteiger partial charge in [-0.1, -0.05) is 18.2 Å². The van der Waals surface area contributed by atoms with Crippen molar-refractivity contribution in [1.82, 2.24) is 4.98 Å². The molecular formula is C15H15N3O. The molecule has 1 heterocycles. The lowest BCUT2D eigenvalue weighted by Crippen LogP contribution is -2.10. The lowest BCUT2D eigenvalue weighted by Gasteiger charge is -2.04. The van der Waals surface area contributed by atoms with Crippen molar-refractivity contribution >= 4 is 5.91 Å². The van der Waals surface area contributed by atoms with Crippen molar-refractivity contribution < 1.29 is 4.79 Å². The molecule has 4 nitrogen and oxygen atoms in total. The zero-order valence-electron chi connectivity index (χ0n) is 10.4. The maximum absolute atomic E-state index is 11.0. The Bertz CT molecular complexity index is 604. The van der Waals surface area contributed by atoms with Crippen LogP contribution in [0.3, 0.4) is 0 Å². The fourth-order valence-corrected chi connectivity index (χ4v) is 2.20. The van der Waals surface area contributed by atoms with Gasteiger partial charge in [-0.05, 0) is 30.2 Å². The molecule has 4 heteroatoms. The Morgan fingerprint density at radius 3 is 2.32 bits per heavy atom. The molecule has 0 bridgehead atoms. The molecule has 2 aromatic rings. The number of primary amides is 1. The van der Waals surface area contributed by atoms with E-state index in [2.05, 4.69) is 11.1 Å². The van der Waals surface area contributed by atoms with Crippen molar-refractivity contribution in [1.29, 1.82) is 0 Å².